The van der Waals surface area contributed by atoms with Gasteiger partial charge in [0.25, 0.3) is 0 Å². The summed E-state index contributed by atoms with van der Waals surface area (Å²) in [4.78, 5) is 15.3. The molecule has 0 fully saturated rings. The molecule has 0 radical (unpaired) electrons. The molecule has 0 aliphatic heterocycles. The summed E-state index contributed by atoms with van der Waals surface area (Å²) in [5, 5.41) is 6.75. The number of hydrogen-bond acceptors (Lipinski definition) is 5. The number of furan rings is 2. The molecule has 0 amide bonds. The SMILES string of the molecule is c1ccc(-c2nc(-c3cccc(-n4c5ccccc5c5cccc(-c6cccc(-c7ccc8c(c7)oc7ccccc78)c6)c54)c3)nc(-c3ccc4c(c3)oc3ccccc34)n2)cc1. The van der Waals surface area contributed by atoms with Crippen LogP contribution in [-0.4, -0.2) is 19.5 Å². The minimum atomic E-state index is 0.574. The van der Waals surface area contributed by atoms with Crippen molar-refractivity contribution in [2.75, 3.05) is 0 Å². The van der Waals surface area contributed by atoms with Crippen molar-refractivity contribution in [3.8, 4) is 62.1 Å². The molecule has 6 heteroatoms. The standard InChI is InChI=1S/C57H34N4O2/c1-2-13-35(14-3-1)55-58-56(60-57(59-55)40-28-30-47-45-21-6-9-26-51(45)63-53(47)34-40)39-17-11-18-41(32-39)61-49-24-7-4-19-43(49)48-23-12-22-42(54(48)61)38-16-10-15-36(31-38)37-27-29-46-44-20-5-8-25-50(44)62-52(46)33-37/h1-34H. The maximum Gasteiger partial charge on any atom is 0.164 e. The van der Waals surface area contributed by atoms with E-state index < -0.39 is 0 Å². The largest absolute Gasteiger partial charge is 0.456 e. The van der Waals surface area contributed by atoms with Gasteiger partial charge in [0.2, 0.25) is 0 Å². The van der Waals surface area contributed by atoms with Gasteiger partial charge >= 0.3 is 0 Å². The highest BCUT2D eigenvalue weighted by Crippen LogP contribution is 2.41. The zero-order valence-electron chi connectivity index (χ0n) is 33.7. The first-order valence-electron chi connectivity index (χ1n) is 21.1. The molecule has 0 N–H and O–H groups in total. The fourth-order valence-electron chi connectivity index (χ4n) is 9.29. The van der Waals surface area contributed by atoms with E-state index in [1.54, 1.807) is 0 Å². The van der Waals surface area contributed by atoms with E-state index in [0.29, 0.717) is 17.5 Å². The van der Waals surface area contributed by atoms with Crippen LogP contribution in [0.1, 0.15) is 0 Å². The van der Waals surface area contributed by atoms with E-state index in [-0.39, 0.29) is 0 Å². The van der Waals surface area contributed by atoms with E-state index in [9.17, 15) is 0 Å². The van der Waals surface area contributed by atoms with Crippen LogP contribution in [0.25, 0.3) is 128 Å². The molecule has 13 rings (SSSR count). The van der Waals surface area contributed by atoms with E-state index >= 15 is 0 Å². The third kappa shape index (κ3) is 5.76. The van der Waals surface area contributed by atoms with Gasteiger partial charge in [0.05, 0.1) is 11.0 Å². The minimum Gasteiger partial charge on any atom is -0.456 e. The lowest BCUT2D eigenvalue weighted by molar-refractivity contribution is 0.668. The quantitative estimate of drug-likeness (QED) is 0.167. The molecule has 0 bridgehead atoms. The van der Waals surface area contributed by atoms with E-state index in [2.05, 4.69) is 144 Å². The third-order valence-electron chi connectivity index (χ3n) is 12.2. The Hall–Kier alpha value is -8.61. The van der Waals surface area contributed by atoms with Crippen molar-refractivity contribution in [3.05, 3.63) is 206 Å². The Kier molecular flexibility index (Phi) is 7.80. The second-order valence-electron chi connectivity index (χ2n) is 16.0. The monoisotopic (exact) mass is 806 g/mol. The summed E-state index contributed by atoms with van der Waals surface area (Å²) < 4.78 is 15.0. The molecule has 9 aromatic carbocycles. The molecule has 0 saturated carbocycles. The Morgan fingerprint density at radius 3 is 1.54 bits per heavy atom. The van der Waals surface area contributed by atoms with E-state index in [1.165, 1.54) is 10.8 Å². The number of fused-ring (bicyclic) bond motifs is 9. The molecule has 0 unspecified atom stereocenters. The van der Waals surface area contributed by atoms with Crippen LogP contribution in [-0.2, 0) is 0 Å². The molecule has 0 spiro atoms. The van der Waals surface area contributed by atoms with Gasteiger partial charge in [-0.3, -0.25) is 0 Å². The lowest BCUT2D eigenvalue weighted by Crippen LogP contribution is -2.01. The zero-order chi connectivity index (χ0) is 41.4. The number of rotatable bonds is 6. The minimum absolute atomic E-state index is 0.574. The molecule has 63 heavy (non-hydrogen) atoms. The maximum absolute atomic E-state index is 6.29. The fourth-order valence-corrected chi connectivity index (χ4v) is 9.29. The lowest BCUT2D eigenvalue weighted by Gasteiger charge is -2.14. The Balaban J connectivity index is 0.962. The summed E-state index contributed by atoms with van der Waals surface area (Å²) >= 11 is 0. The average molecular weight is 807 g/mol. The van der Waals surface area contributed by atoms with Gasteiger partial charge in [0, 0.05) is 60.3 Å². The van der Waals surface area contributed by atoms with Gasteiger partial charge < -0.3 is 13.4 Å². The lowest BCUT2D eigenvalue weighted by atomic mass is 9.97. The van der Waals surface area contributed by atoms with E-state index in [4.69, 9.17) is 23.8 Å². The Morgan fingerprint density at radius 1 is 0.302 bits per heavy atom. The van der Waals surface area contributed by atoms with Gasteiger partial charge in [-0.2, -0.15) is 0 Å². The average Bonchev–Trinajstić information content (AvgIpc) is 4.03. The first-order valence-corrected chi connectivity index (χ1v) is 21.1. The first-order chi connectivity index (χ1) is 31.2. The number of hydrogen-bond donors (Lipinski definition) is 0. The Labute approximate surface area is 361 Å². The van der Waals surface area contributed by atoms with Crippen LogP contribution in [0.4, 0.5) is 0 Å². The van der Waals surface area contributed by atoms with Gasteiger partial charge in [0.15, 0.2) is 17.5 Å². The van der Waals surface area contributed by atoms with Gasteiger partial charge in [-0.25, -0.2) is 15.0 Å². The van der Waals surface area contributed by atoms with E-state index in [0.717, 1.165) is 99.5 Å². The summed E-state index contributed by atoms with van der Waals surface area (Å²) in [6, 6.07) is 71.7. The van der Waals surface area contributed by atoms with Gasteiger partial charge in [-0.1, -0.05) is 146 Å². The predicted octanol–water partition coefficient (Wildman–Crippen LogP) is 15.1. The second-order valence-corrected chi connectivity index (χ2v) is 16.0. The van der Waals surface area contributed by atoms with Crippen molar-refractivity contribution < 1.29 is 8.83 Å². The van der Waals surface area contributed by atoms with Crippen molar-refractivity contribution in [1.29, 1.82) is 0 Å². The van der Waals surface area contributed by atoms with Crippen molar-refractivity contribution in [3.63, 3.8) is 0 Å². The second kappa shape index (κ2) is 14.0. The van der Waals surface area contributed by atoms with Gasteiger partial charge in [-0.05, 0) is 77.4 Å². The molecule has 0 atom stereocenters. The summed E-state index contributed by atoms with van der Waals surface area (Å²) in [6.07, 6.45) is 0. The maximum atomic E-state index is 6.29. The van der Waals surface area contributed by atoms with Crippen LogP contribution in [0.2, 0.25) is 0 Å². The van der Waals surface area contributed by atoms with Crippen LogP contribution in [0.5, 0.6) is 0 Å². The molecule has 0 aliphatic carbocycles. The molecule has 6 nitrogen and oxygen atoms in total. The van der Waals surface area contributed by atoms with Crippen LogP contribution < -0.4 is 0 Å². The van der Waals surface area contributed by atoms with Crippen LogP contribution in [0.15, 0.2) is 215 Å². The Bertz CT molecular complexity index is 3930. The van der Waals surface area contributed by atoms with Gasteiger partial charge in [0.1, 0.15) is 22.3 Å². The molecule has 13 aromatic rings. The van der Waals surface area contributed by atoms with Crippen LogP contribution in [0, 0.1) is 0 Å². The summed E-state index contributed by atoms with van der Waals surface area (Å²) in [5.74, 6) is 1.76. The fraction of sp³-hybridized carbons (Fsp3) is 0. The number of aromatic nitrogens is 4. The first kappa shape index (κ1) is 35.2. The Morgan fingerprint density at radius 2 is 0.794 bits per heavy atom. The zero-order valence-corrected chi connectivity index (χ0v) is 33.7. The molecule has 0 saturated heterocycles. The topological polar surface area (TPSA) is 69.9 Å². The summed E-state index contributed by atoms with van der Waals surface area (Å²) in [7, 11) is 0. The van der Waals surface area contributed by atoms with Crippen molar-refractivity contribution in [1.82, 2.24) is 19.5 Å². The molecule has 0 aliphatic rings. The highest BCUT2D eigenvalue weighted by molar-refractivity contribution is 6.14. The molecule has 294 valence electrons. The van der Waals surface area contributed by atoms with Gasteiger partial charge in [-0.15, -0.1) is 0 Å². The summed E-state index contributed by atoms with van der Waals surface area (Å²) in [5.41, 5.74) is 13.8. The predicted molar refractivity (Wildman–Crippen MR) is 256 cm³/mol. The highest BCUT2D eigenvalue weighted by atomic mass is 16.3. The molecular formula is C57H34N4O2. The number of nitrogens with zero attached hydrogens (tertiary/aromatic N) is 4. The van der Waals surface area contributed by atoms with Crippen molar-refractivity contribution in [2.24, 2.45) is 0 Å². The van der Waals surface area contributed by atoms with Crippen molar-refractivity contribution in [2.45, 2.75) is 0 Å². The smallest absolute Gasteiger partial charge is 0.164 e. The normalized spacial score (nSPS) is 11.8. The van der Waals surface area contributed by atoms with Crippen molar-refractivity contribution >= 4 is 65.7 Å². The summed E-state index contributed by atoms with van der Waals surface area (Å²) in [6.45, 7) is 0. The molecule has 4 heterocycles. The number of para-hydroxylation sites is 4. The highest BCUT2D eigenvalue weighted by Gasteiger charge is 2.19. The van der Waals surface area contributed by atoms with Crippen LogP contribution in [0.3, 0.4) is 0 Å². The molecule has 4 aromatic heterocycles. The van der Waals surface area contributed by atoms with Crippen LogP contribution >= 0.6 is 0 Å². The number of benzene rings is 9. The van der Waals surface area contributed by atoms with E-state index in [1.807, 2.05) is 66.7 Å². The molecular weight excluding hydrogens is 773 g/mol. The third-order valence-corrected chi connectivity index (χ3v) is 12.2.